The van der Waals surface area contributed by atoms with E-state index in [4.69, 9.17) is 13.9 Å². The van der Waals surface area contributed by atoms with Crippen LogP contribution < -0.4 is 14.9 Å². The molecule has 8 heteroatoms. The standard InChI is InChI=1S/C22H20N2O6/c1-13-18(5-4-6-19(13)22(26)27)20-8-7-15(30-20)12-23-24-21(25)14-9-16(28-2)11-17(10-14)29-3/h4-12H,1-3H3,(H,24,25)(H,26,27). The Morgan fingerprint density at radius 2 is 1.77 bits per heavy atom. The molecule has 0 atom stereocenters. The molecule has 1 amide bonds. The second-order valence-electron chi connectivity index (χ2n) is 6.29. The van der Waals surface area contributed by atoms with E-state index in [0.717, 1.165) is 0 Å². The maximum absolute atomic E-state index is 12.3. The summed E-state index contributed by atoms with van der Waals surface area (Å²) in [6.07, 6.45) is 1.36. The van der Waals surface area contributed by atoms with Crippen LogP contribution in [-0.2, 0) is 0 Å². The summed E-state index contributed by atoms with van der Waals surface area (Å²) >= 11 is 0. The van der Waals surface area contributed by atoms with Gasteiger partial charge in [-0.25, -0.2) is 10.2 Å². The molecule has 154 valence electrons. The van der Waals surface area contributed by atoms with Crippen LogP contribution in [0.25, 0.3) is 11.3 Å². The Morgan fingerprint density at radius 1 is 1.07 bits per heavy atom. The Kier molecular flexibility index (Phi) is 6.17. The van der Waals surface area contributed by atoms with Crippen molar-refractivity contribution in [3.05, 3.63) is 71.0 Å². The summed E-state index contributed by atoms with van der Waals surface area (Å²) in [5, 5.41) is 13.2. The van der Waals surface area contributed by atoms with Crippen LogP contribution in [-0.4, -0.2) is 37.4 Å². The van der Waals surface area contributed by atoms with E-state index in [1.54, 1.807) is 49.4 Å². The highest BCUT2D eigenvalue weighted by molar-refractivity contribution is 5.95. The quantitative estimate of drug-likeness (QED) is 0.455. The zero-order valence-corrected chi connectivity index (χ0v) is 16.6. The molecule has 30 heavy (non-hydrogen) atoms. The first-order valence-corrected chi connectivity index (χ1v) is 8.92. The SMILES string of the molecule is COc1cc(OC)cc(C(=O)NN=Cc2ccc(-c3cccc(C(=O)O)c3C)o2)c1. The topological polar surface area (TPSA) is 110 Å². The molecule has 3 aromatic rings. The number of furan rings is 1. The second kappa shape index (κ2) is 8.95. The summed E-state index contributed by atoms with van der Waals surface area (Å²) < 4.78 is 16.0. The van der Waals surface area contributed by atoms with Gasteiger partial charge in [0, 0.05) is 17.2 Å². The zero-order valence-electron chi connectivity index (χ0n) is 16.6. The van der Waals surface area contributed by atoms with Crippen molar-refractivity contribution in [2.75, 3.05) is 14.2 Å². The van der Waals surface area contributed by atoms with Gasteiger partial charge in [-0.1, -0.05) is 12.1 Å². The number of amides is 1. The minimum Gasteiger partial charge on any atom is -0.497 e. The van der Waals surface area contributed by atoms with Gasteiger partial charge in [-0.3, -0.25) is 4.79 Å². The molecule has 0 spiro atoms. The van der Waals surface area contributed by atoms with Crippen molar-refractivity contribution in [1.82, 2.24) is 5.43 Å². The first-order valence-electron chi connectivity index (χ1n) is 8.92. The fourth-order valence-corrected chi connectivity index (χ4v) is 2.86. The molecule has 0 saturated heterocycles. The number of ether oxygens (including phenoxy) is 2. The number of carbonyl (C=O) groups excluding carboxylic acids is 1. The molecule has 0 aliphatic carbocycles. The molecule has 3 rings (SSSR count). The number of aromatic carboxylic acids is 1. The van der Waals surface area contributed by atoms with Crippen molar-refractivity contribution in [1.29, 1.82) is 0 Å². The summed E-state index contributed by atoms with van der Waals surface area (Å²) in [7, 11) is 2.99. The van der Waals surface area contributed by atoms with E-state index < -0.39 is 11.9 Å². The molecular formula is C22H20N2O6. The molecule has 8 nitrogen and oxygen atoms in total. The molecule has 0 radical (unpaired) electrons. The smallest absolute Gasteiger partial charge is 0.335 e. The number of nitrogens with zero attached hydrogens (tertiary/aromatic N) is 1. The molecule has 0 saturated carbocycles. The van der Waals surface area contributed by atoms with E-state index in [0.29, 0.717) is 39.7 Å². The van der Waals surface area contributed by atoms with Crippen molar-refractivity contribution in [2.24, 2.45) is 5.10 Å². The maximum atomic E-state index is 12.3. The Hall–Kier alpha value is -4.07. The summed E-state index contributed by atoms with van der Waals surface area (Å²) in [5.74, 6) is 0.422. The third-order valence-electron chi connectivity index (χ3n) is 4.43. The van der Waals surface area contributed by atoms with Crippen LogP contribution in [0.15, 0.2) is 58.0 Å². The Balaban J connectivity index is 1.73. The molecule has 0 aliphatic rings. The summed E-state index contributed by atoms with van der Waals surface area (Å²) in [4.78, 5) is 23.6. The highest BCUT2D eigenvalue weighted by atomic mass is 16.5. The lowest BCUT2D eigenvalue weighted by Gasteiger charge is -2.07. The van der Waals surface area contributed by atoms with Crippen LogP contribution in [0.4, 0.5) is 0 Å². The van der Waals surface area contributed by atoms with E-state index in [-0.39, 0.29) is 5.56 Å². The predicted octanol–water partition coefficient (Wildman–Crippen LogP) is 3.73. The minimum atomic E-state index is -1.00. The van der Waals surface area contributed by atoms with Gasteiger partial charge in [-0.15, -0.1) is 0 Å². The zero-order chi connectivity index (χ0) is 21.7. The highest BCUT2D eigenvalue weighted by Crippen LogP contribution is 2.27. The molecule has 0 aliphatic heterocycles. The van der Waals surface area contributed by atoms with Gasteiger partial charge < -0.3 is 19.0 Å². The van der Waals surface area contributed by atoms with Crippen LogP contribution in [0, 0.1) is 6.92 Å². The van der Waals surface area contributed by atoms with Crippen LogP contribution in [0.5, 0.6) is 11.5 Å². The lowest BCUT2D eigenvalue weighted by molar-refractivity contribution is 0.0696. The first-order chi connectivity index (χ1) is 14.4. The number of methoxy groups -OCH3 is 2. The third kappa shape index (κ3) is 4.49. The van der Waals surface area contributed by atoms with Crippen molar-refractivity contribution in [2.45, 2.75) is 6.92 Å². The molecule has 0 bridgehead atoms. The largest absolute Gasteiger partial charge is 0.497 e. The van der Waals surface area contributed by atoms with Gasteiger partial charge in [0.05, 0.1) is 26.0 Å². The minimum absolute atomic E-state index is 0.208. The van der Waals surface area contributed by atoms with Gasteiger partial charge >= 0.3 is 5.97 Å². The highest BCUT2D eigenvalue weighted by Gasteiger charge is 2.14. The lowest BCUT2D eigenvalue weighted by Crippen LogP contribution is -2.17. The molecule has 0 fully saturated rings. The normalized spacial score (nSPS) is 10.8. The Morgan fingerprint density at radius 3 is 2.40 bits per heavy atom. The first kappa shape index (κ1) is 20.7. The summed E-state index contributed by atoms with van der Waals surface area (Å²) in [6, 6.07) is 13.1. The molecule has 2 N–H and O–H groups in total. The Bertz CT molecular complexity index is 1090. The maximum Gasteiger partial charge on any atom is 0.335 e. The van der Waals surface area contributed by atoms with Crippen LogP contribution in [0.1, 0.15) is 32.0 Å². The van der Waals surface area contributed by atoms with Crippen molar-refractivity contribution < 1.29 is 28.6 Å². The van der Waals surface area contributed by atoms with Crippen LogP contribution >= 0.6 is 0 Å². The monoisotopic (exact) mass is 408 g/mol. The van der Waals surface area contributed by atoms with Crippen molar-refractivity contribution >= 4 is 18.1 Å². The third-order valence-corrected chi connectivity index (χ3v) is 4.43. The van der Waals surface area contributed by atoms with E-state index >= 15 is 0 Å². The Labute approximate surface area is 172 Å². The van der Waals surface area contributed by atoms with Gasteiger partial charge in [0.2, 0.25) is 0 Å². The van der Waals surface area contributed by atoms with Gasteiger partial charge in [0.25, 0.3) is 5.91 Å². The van der Waals surface area contributed by atoms with Crippen molar-refractivity contribution in [3.8, 4) is 22.8 Å². The molecule has 1 aromatic heterocycles. The second-order valence-corrected chi connectivity index (χ2v) is 6.29. The van der Waals surface area contributed by atoms with Gasteiger partial charge in [0.15, 0.2) is 0 Å². The van der Waals surface area contributed by atoms with Crippen LogP contribution in [0.3, 0.4) is 0 Å². The number of carboxylic acids is 1. The fourth-order valence-electron chi connectivity index (χ4n) is 2.86. The number of benzene rings is 2. The van der Waals surface area contributed by atoms with Crippen LogP contribution in [0.2, 0.25) is 0 Å². The number of rotatable bonds is 7. The van der Waals surface area contributed by atoms with E-state index in [1.807, 2.05) is 0 Å². The number of hydrazone groups is 1. The average molecular weight is 408 g/mol. The number of hydrogen-bond acceptors (Lipinski definition) is 6. The van der Waals surface area contributed by atoms with E-state index in [9.17, 15) is 14.7 Å². The van der Waals surface area contributed by atoms with Gasteiger partial charge in [-0.05, 0) is 42.8 Å². The number of hydrogen-bond donors (Lipinski definition) is 2. The lowest BCUT2D eigenvalue weighted by atomic mass is 10.0. The summed E-state index contributed by atoms with van der Waals surface area (Å²) in [5.41, 5.74) is 4.22. The van der Waals surface area contributed by atoms with Gasteiger partial charge in [-0.2, -0.15) is 5.10 Å². The number of carbonyl (C=O) groups is 2. The summed E-state index contributed by atoms with van der Waals surface area (Å²) in [6.45, 7) is 1.72. The molecule has 2 aromatic carbocycles. The fraction of sp³-hybridized carbons (Fsp3) is 0.136. The molecule has 1 heterocycles. The predicted molar refractivity (Wildman–Crippen MR) is 110 cm³/mol. The van der Waals surface area contributed by atoms with E-state index in [2.05, 4.69) is 10.5 Å². The van der Waals surface area contributed by atoms with Crippen molar-refractivity contribution in [3.63, 3.8) is 0 Å². The molecule has 0 unspecified atom stereocenters. The number of nitrogens with one attached hydrogen (secondary N) is 1. The molecular weight excluding hydrogens is 388 g/mol. The van der Waals surface area contributed by atoms with E-state index in [1.165, 1.54) is 26.5 Å². The number of carboxylic acid groups (broad SMARTS) is 1. The average Bonchev–Trinajstić information content (AvgIpc) is 3.21. The van der Waals surface area contributed by atoms with Gasteiger partial charge in [0.1, 0.15) is 23.0 Å².